The van der Waals surface area contributed by atoms with Crippen molar-refractivity contribution in [1.82, 2.24) is 15.0 Å². The largest absolute Gasteiger partial charge is 0.390 e. The Morgan fingerprint density at radius 1 is 1.28 bits per heavy atom. The first-order valence-corrected chi connectivity index (χ1v) is 6.85. The van der Waals surface area contributed by atoms with E-state index in [9.17, 15) is 5.11 Å². The molecule has 0 aliphatic heterocycles. The van der Waals surface area contributed by atoms with Gasteiger partial charge in [0.15, 0.2) is 0 Å². The maximum Gasteiger partial charge on any atom is 0.112 e. The number of halogens is 1. The lowest BCUT2D eigenvalue weighted by molar-refractivity contribution is 0.275. The molecule has 1 heterocycles. The van der Waals surface area contributed by atoms with Gasteiger partial charge < -0.3 is 5.11 Å². The SMILES string of the molecule is OCc1nnn(Cc2ccc(Br)cc2)c1C1CC1. The van der Waals surface area contributed by atoms with E-state index in [2.05, 4.69) is 38.4 Å². The van der Waals surface area contributed by atoms with E-state index in [1.165, 1.54) is 18.4 Å². The van der Waals surface area contributed by atoms with Gasteiger partial charge in [0.25, 0.3) is 0 Å². The molecule has 0 amide bonds. The highest BCUT2D eigenvalue weighted by Crippen LogP contribution is 2.41. The molecule has 1 aliphatic rings. The highest BCUT2D eigenvalue weighted by molar-refractivity contribution is 9.10. The average molecular weight is 308 g/mol. The molecule has 1 saturated carbocycles. The average Bonchev–Trinajstić information content (AvgIpc) is 3.14. The van der Waals surface area contributed by atoms with Crippen LogP contribution in [0.1, 0.15) is 35.7 Å². The fraction of sp³-hybridized carbons (Fsp3) is 0.385. The molecule has 1 fully saturated rings. The Bertz CT molecular complexity index is 546. The van der Waals surface area contributed by atoms with Crippen molar-refractivity contribution in [2.45, 2.75) is 31.9 Å². The normalized spacial score (nSPS) is 15.0. The van der Waals surface area contributed by atoms with Crippen molar-refractivity contribution in [2.75, 3.05) is 0 Å². The van der Waals surface area contributed by atoms with Crippen LogP contribution in [0.3, 0.4) is 0 Å². The van der Waals surface area contributed by atoms with Gasteiger partial charge >= 0.3 is 0 Å². The van der Waals surface area contributed by atoms with Crippen molar-refractivity contribution < 1.29 is 5.11 Å². The predicted octanol–water partition coefficient (Wildman–Crippen LogP) is 2.46. The molecule has 94 valence electrons. The molecule has 0 radical (unpaired) electrons. The van der Waals surface area contributed by atoms with Crippen molar-refractivity contribution in [2.24, 2.45) is 0 Å². The molecule has 1 aromatic heterocycles. The summed E-state index contributed by atoms with van der Waals surface area (Å²) < 4.78 is 3.00. The molecule has 0 atom stereocenters. The van der Waals surface area contributed by atoms with Crippen molar-refractivity contribution >= 4 is 15.9 Å². The maximum absolute atomic E-state index is 9.29. The lowest BCUT2D eigenvalue weighted by atomic mass is 10.2. The summed E-state index contributed by atoms with van der Waals surface area (Å²) in [5.74, 6) is 0.539. The molecule has 0 bridgehead atoms. The van der Waals surface area contributed by atoms with Crippen LogP contribution in [0.25, 0.3) is 0 Å². The highest BCUT2D eigenvalue weighted by Gasteiger charge is 2.30. The maximum atomic E-state index is 9.29. The summed E-state index contributed by atoms with van der Waals surface area (Å²) in [4.78, 5) is 0. The van der Waals surface area contributed by atoms with Gasteiger partial charge in [0.2, 0.25) is 0 Å². The molecule has 0 unspecified atom stereocenters. The minimum Gasteiger partial charge on any atom is -0.390 e. The molecular weight excluding hydrogens is 294 g/mol. The molecule has 2 aromatic rings. The molecule has 1 aliphatic carbocycles. The van der Waals surface area contributed by atoms with Crippen LogP contribution >= 0.6 is 15.9 Å². The summed E-state index contributed by atoms with van der Waals surface area (Å²) in [5.41, 5.74) is 3.03. The first kappa shape index (κ1) is 11.9. The van der Waals surface area contributed by atoms with E-state index in [0.29, 0.717) is 12.5 Å². The molecule has 18 heavy (non-hydrogen) atoms. The molecular formula is C13H14BrN3O. The Morgan fingerprint density at radius 2 is 2.00 bits per heavy atom. The van der Waals surface area contributed by atoms with Crippen molar-refractivity contribution in [1.29, 1.82) is 0 Å². The van der Waals surface area contributed by atoms with Crippen molar-refractivity contribution in [3.05, 3.63) is 45.7 Å². The second kappa shape index (κ2) is 4.82. The predicted molar refractivity (Wildman–Crippen MR) is 71.2 cm³/mol. The number of aromatic nitrogens is 3. The topological polar surface area (TPSA) is 50.9 Å². The van der Waals surface area contributed by atoms with Crippen molar-refractivity contribution in [3.8, 4) is 0 Å². The fourth-order valence-electron chi connectivity index (χ4n) is 2.15. The van der Waals surface area contributed by atoms with Crippen molar-refractivity contribution in [3.63, 3.8) is 0 Å². The van der Waals surface area contributed by atoms with Gasteiger partial charge in [0.05, 0.1) is 18.8 Å². The van der Waals surface area contributed by atoms with Crippen LogP contribution in [-0.2, 0) is 13.2 Å². The third-order valence-corrected chi connectivity index (χ3v) is 3.74. The van der Waals surface area contributed by atoms with Gasteiger partial charge in [-0.25, -0.2) is 4.68 Å². The van der Waals surface area contributed by atoms with Crippen LogP contribution in [0.4, 0.5) is 0 Å². The fourth-order valence-corrected chi connectivity index (χ4v) is 2.42. The third kappa shape index (κ3) is 2.33. The number of nitrogens with zero attached hydrogens (tertiary/aromatic N) is 3. The molecule has 1 aromatic carbocycles. The Balaban J connectivity index is 1.88. The first-order chi connectivity index (χ1) is 8.78. The van der Waals surface area contributed by atoms with E-state index in [4.69, 9.17) is 0 Å². The second-order valence-electron chi connectivity index (χ2n) is 4.64. The minimum atomic E-state index is -0.0217. The van der Waals surface area contributed by atoms with Crippen LogP contribution in [0.15, 0.2) is 28.7 Å². The Kier molecular flexibility index (Phi) is 3.18. The number of benzene rings is 1. The zero-order valence-corrected chi connectivity index (χ0v) is 11.5. The Morgan fingerprint density at radius 3 is 2.61 bits per heavy atom. The summed E-state index contributed by atoms with van der Waals surface area (Å²) in [6.07, 6.45) is 2.36. The molecule has 5 heteroatoms. The lowest BCUT2D eigenvalue weighted by Gasteiger charge is -2.06. The van der Waals surface area contributed by atoms with Crippen LogP contribution in [-0.4, -0.2) is 20.1 Å². The summed E-state index contributed by atoms with van der Waals surface area (Å²) >= 11 is 3.43. The van der Waals surface area contributed by atoms with Crippen LogP contribution in [0.2, 0.25) is 0 Å². The highest BCUT2D eigenvalue weighted by atomic mass is 79.9. The molecule has 0 saturated heterocycles. The van der Waals surface area contributed by atoms with Gasteiger partial charge in [0, 0.05) is 10.4 Å². The van der Waals surface area contributed by atoms with Gasteiger partial charge in [-0.1, -0.05) is 33.3 Å². The minimum absolute atomic E-state index is 0.0217. The molecule has 0 spiro atoms. The van der Waals surface area contributed by atoms with Gasteiger partial charge in [-0.15, -0.1) is 5.10 Å². The quantitative estimate of drug-likeness (QED) is 0.944. The van der Waals surface area contributed by atoms with E-state index < -0.39 is 0 Å². The summed E-state index contributed by atoms with van der Waals surface area (Å²) in [7, 11) is 0. The van der Waals surface area contributed by atoms with E-state index in [-0.39, 0.29) is 6.61 Å². The number of aliphatic hydroxyl groups excluding tert-OH is 1. The second-order valence-corrected chi connectivity index (χ2v) is 5.55. The summed E-state index contributed by atoms with van der Waals surface area (Å²) in [6, 6.07) is 8.19. The molecule has 3 rings (SSSR count). The number of aliphatic hydroxyl groups is 1. The monoisotopic (exact) mass is 307 g/mol. The smallest absolute Gasteiger partial charge is 0.112 e. The lowest BCUT2D eigenvalue weighted by Crippen LogP contribution is -2.06. The van der Waals surface area contributed by atoms with E-state index in [0.717, 1.165) is 15.9 Å². The van der Waals surface area contributed by atoms with Crippen LogP contribution < -0.4 is 0 Å². The number of rotatable bonds is 4. The van der Waals surface area contributed by atoms with Gasteiger partial charge in [-0.05, 0) is 30.5 Å². The zero-order chi connectivity index (χ0) is 12.5. The molecule has 1 N–H and O–H groups in total. The van der Waals surface area contributed by atoms with Crippen LogP contribution in [0, 0.1) is 0 Å². The summed E-state index contributed by atoms with van der Waals surface area (Å²) in [5, 5.41) is 17.5. The Labute approximate surface area is 114 Å². The van der Waals surface area contributed by atoms with E-state index >= 15 is 0 Å². The third-order valence-electron chi connectivity index (χ3n) is 3.21. The Hall–Kier alpha value is -1.20. The standard InChI is InChI=1S/C13H14BrN3O/c14-11-5-1-9(2-6-11)7-17-13(10-3-4-10)12(8-18)15-16-17/h1-2,5-6,10,18H,3-4,7-8H2. The zero-order valence-electron chi connectivity index (χ0n) is 9.88. The van der Waals surface area contributed by atoms with Gasteiger partial charge in [-0.2, -0.15) is 0 Å². The van der Waals surface area contributed by atoms with Crippen LogP contribution in [0.5, 0.6) is 0 Å². The van der Waals surface area contributed by atoms with Gasteiger partial charge in [0.1, 0.15) is 5.69 Å². The van der Waals surface area contributed by atoms with E-state index in [1.807, 2.05) is 16.8 Å². The number of hydrogen-bond acceptors (Lipinski definition) is 3. The van der Waals surface area contributed by atoms with E-state index in [1.54, 1.807) is 0 Å². The first-order valence-electron chi connectivity index (χ1n) is 6.05. The molecule has 4 nitrogen and oxygen atoms in total. The summed E-state index contributed by atoms with van der Waals surface area (Å²) in [6.45, 7) is 0.693. The number of hydrogen-bond donors (Lipinski definition) is 1. The van der Waals surface area contributed by atoms with Gasteiger partial charge in [-0.3, -0.25) is 0 Å².